The molecule has 1 aromatic rings. The maximum Gasteiger partial charge on any atom is 0.460 e. The summed E-state index contributed by atoms with van der Waals surface area (Å²) >= 11 is 0. The number of hydrogen-bond acceptors (Lipinski definition) is 2. The third-order valence-corrected chi connectivity index (χ3v) is 3.24. The largest absolute Gasteiger partial charge is 0.460 e. The molecule has 0 atom stereocenters. The zero-order valence-electron chi connectivity index (χ0n) is 13.3. The molecule has 1 heterocycles. The number of alkyl halides is 14. The minimum atomic E-state index is -7.34. The maximum absolute atomic E-state index is 13.5. The second-order valence-electron chi connectivity index (χ2n) is 5.28. The van der Waals surface area contributed by atoms with Gasteiger partial charge in [0.05, 0.1) is 0 Å². The summed E-state index contributed by atoms with van der Waals surface area (Å²) in [5, 5.41) is -2.08. The van der Waals surface area contributed by atoms with E-state index in [2.05, 4.69) is 0 Å². The van der Waals surface area contributed by atoms with Crippen LogP contribution in [0.15, 0.2) is 24.5 Å². The van der Waals surface area contributed by atoms with E-state index in [1.54, 1.807) is 0 Å². The summed E-state index contributed by atoms with van der Waals surface area (Å²) in [5.74, 6) is -37.2. The van der Waals surface area contributed by atoms with Crippen molar-refractivity contribution in [3.8, 4) is 0 Å². The fraction of sp³-hybridized carbons (Fsp3) is 0.500. The maximum atomic E-state index is 13.5. The number of carbonyl (C=O) groups is 2. The molecule has 2 amide bonds. The van der Waals surface area contributed by atoms with Gasteiger partial charge in [-0.15, -0.1) is 0 Å². The lowest BCUT2D eigenvalue weighted by Crippen LogP contribution is -2.68. The van der Waals surface area contributed by atoms with Gasteiger partial charge in [-0.25, -0.2) is 0 Å². The molecule has 30 heavy (non-hydrogen) atoms. The van der Waals surface area contributed by atoms with Crippen molar-refractivity contribution < 1.29 is 71.1 Å². The topological polar surface area (TPSA) is 42.3 Å². The monoisotopic (exact) mass is 474 g/mol. The Morgan fingerprint density at radius 3 is 1.07 bits per heavy atom. The molecule has 0 aliphatic heterocycles. The van der Waals surface area contributed by atoms with Crippen molar-refractivity contribution in [2.45, 2.75) is 36.0 Å². The highest BCUT2D eigenvalue weighted by Crippen LogP contribution is 2.49. The van der Waals surface area contributed by atoms with E-state index in [0.29, 0.717) is 12.1 Å². The summed E-state index contributed by atoms with van der Waals surface area (Å²) in [5.41, 5.74) is 0. The normalized spacial score (nSPS) is 14.6. The van der Waals surface area contributed by atoms with Crippen LogP contribution in [0, 0.1) is 0 Å². The predicted octanol–water partition coefficient (Wildman–Crippen LogP) is 4.15. The molecule has 0 aromatic carbocycles. The zero-order chi connectivity index (χ0) is 24.1. The summed E-state index contributed by atoms with van der Waals surface area (Å²) < 4.78 is 178. The van der Waals surface area contributed by atoms with Crippen molar-refractivity contribution >= 4 is 11.8 Å². The number of nitrogens with zero attached hydrogens (tertiary/aromatic N) is 2. The molecule has 0 aliphatic carbocycles. The molecule has 0 N–H and O–H groups in total. The van der Waals surface area contributed by atoms with Gasteiger partial charge in [-0.1, -0.05) is 0 Å². The van der Waals surface area contributed by atoms with Crippen LogP contribution in [0.2, 0.25) is 0 Å². The smallest absolute Gasteiger partial charge is 0.265 e. The number of imide groups is 1. The van der Waals surface area contributed by atoms with E-state index in [0.717, 1.165) is 0 Å². The van der Waals surface area contributed by atoms with E-state index >= 15 is 0 Å². The van der Waals surface area contributed by atoms with Crippen LogP contribution in [0.5, 0.6) is 0 Å². The lowest BCUT2D eigenvalue weighted by molar-refractivity contribution is -0.346. The highest BCUT2D eigenvalue weighted by molar-refractivity contribution is 6.14. The summed E-state index contributed by atoms with van der Waals surface area (Å²) in [7, 11) is 0. The van der Waals surface area contributed by atoms with Gasteiger partial charge in [0, 0.05) is 12.4 Å². The van der Waals surface area contributed by atoms with E-state index < -0.39 is 57.5 Å². The Bertz CT molecular complexity index is 743. The Morgan fingerprint density at radius 1 is 0.567 bits per heavy atom. The highest BCUT2D eigenvalue weighted by Gasteiger charge is 2.80. The van der Waals surface area contributed by atoms with Crippen LogP contribution in [0.3, 0.4) is 0 Å². The molecule has 0 saturated heterocycles. The average Bonchev–Trinajstić information content (AvgIpc) is 3.06. The number of hydrogen-bond donors (Lipinski definition) is 0. The van der Waals surface area contributed by atoms with Gasteiger partial charge in [0.1, 0.15) is 0 Å². The molecule has 172 valence electrons. The van der Waals surface area contributed by atoms with Crippen LogP contribution < -0.4 is 5.01 Å². The third-order valence-electron chi connectivity index (χ3n) is 3.24. The van der Waals surface area contributed by atoms with Crippen molar-refractivity contribution in [3.05, 3.63) is 24.5 Å². The van der Waals surface area contributed by atoms with Gasteiger partial charge in [0.15, 0.2) is 0 Å². The highest BCUT2D eigenvalue weighted by atomic mass is 19.4. The van der Waals surface area contributed by atoms with Crippen LogP contribution in [-0.2, 0) is 9.59 Å². The number of carbonyl (C=O) groups excluding carboxylic acids is 2. The van der Waals surface area contributed by atoms with E-state index in [4.69, 9.17) is 0 Å². The van der Waals surface area contributed by atoms with Gasteiger partial charge in [-0.05, 0) is 12.1 Å². The molecule has 0 fully saturated rings. The van der Waals surface area contributed by atoms with Crippen molar-refractivity contribution in [2.24, 2.45) is 0 Å². The van der Waals surface area contributed by atoms with Crippen LogP contribution in [0.4, 0.5) is 61.5 Å². The Labute approximate surface area is 154 Å². The zero-order valence-corrected chi connectivity index (χ0v) is 13.3. The van der Waals surface area contributed by atoms with Crippen molar-refractivity contribution in [3.63, 3.8) is 0 Å². The fourth-order valence-electron chi connectivity index (χ4n) is 1.65. The van der Waals surface area contributed by atoms with Crippen LogP contribution in [0.25, 0.3) is 0 Å². The standard InChI is InChI=1S/C12H4F14N2O2/c13-7(14,9(17,18)11(21,22)23)5(29)28(27-3-1-2-4-27)6(30)8(15,16)10(19,20)12(24,25)26/h1-4H. The summed E-state index contributed by atoms with van der Waals surface area (Å²) in [6.07, 6.45) is -14.3. The first-order chi connectivity index (χ1) is 13.0. The summed E-state index contributed by atoms with van der Waals surface area (Å²) in [4.78, 5) is 23.0. The molecular formula is C12H4F14N2O2. The van der Waals surface area contributed by atoms with Gasteiger partial charge in [0.2, 0.25) is 0 Å². The molecule has 1 aromatic heterocycles. The van der Waals surface area contributed by atoms with Crippen molar-refractivity contribution in [2.75, 3.05) is 5.01 Å². The minimum absolute atomic E-state index is 0.0550. The molecule has 1 rings (SSSR count). The van der Waals surface area contributed by atoms with E-state index in [1.165, 1.54) is 0 Å². The molecule has 18 heteroatoms. The summed E-state index contributed by atoms with van der Waals surface area (Å²) in [6, 6.07) is 1.07. The summed E-state index contributed by atoms with van der Waals surface area (Å²) in [6.45, 7) is 0. The first kappa shape index (κ1) is 25.5. The fourth-order valence-corrected chi connectivity index (χ4v) is 1.65. The molecule has 0 spiro atoms. The Hall–Kier alpha value is -2.56. The second-order valence-corrected chi connectivity index (χ2v) is 5.28. The van der Waals surface area contributed by atoms with E-state index in [-0.39, 0.29) is 12.4 Å². The molecule has 4 nitrogen and oxygen atoms in total. The van der Waals surface area contributed by atoms with Crippen molar-refractivity contribution in [1.82, 2.24) is 4.68 Å². The number of amides is 2. The van der Waals surface area contributed by atoms with Crippen LogP contribution in [0.1, 0.15) is 0 Å². The Kier molecular flexibility index (Phi) is 5.95. The quantitative estimate of drug-likeness (QED) is 0.603. The third kappa shape index (κ3) is 3.66. The lowest BCUT2D eigenvalue weighted by atomic mass is 10.1. The number of halogens is 14. The van der Waals surface area contributed by atoms with Gasteiger partial charge in [0.25, 0.3) is 0 Å². The minimum Gasteiger partial charge on any atom is -0.265 e. The van der Waals surface area contributed by atoms with Gasteiger partial charge >= 0.3 is 47.9 Å². The molecule has 0 radical (unpaired) electrons. The second kappa shape index (κ2) is 7.00. The molecule has 0 bridgehead atoms. The van der Waals surface area contributed by atoms with E-state index in [9.17, 15) is 71.1 Å². The van der Waals surface area contributed by atoms with Crippen molar-refractivity contribution in [1.29, 1.82) is 0 Å². The molecule has 0 aliphatic rings. The molecule has 0 unspecified atom stereocenters. The van der Waals surface area contributed by atoms with Gasteiger partial charge < -0.3 is 0 Å². The Balaban J connectivity index is 3.65. The lowest BCUT2D eigenvalue weighted by Gasteiger charge is -2.34. The number of aromatic nitrogens is 1. The van der Waals surface area contributed by atoms with E-state index in [1.807, 2.05) is 0 Å². The molecular weight excluding hydrogens is 470 g/mol. The van der Waals surface area contributed by atoms with Gasteiger partial charge in [-0.3, -0.25) is 14.3 Å². The first-order valence-corrected chi connectivity index (χ1v) is 6.72. The average molecular weight is 474 g/mol. The Morgan fingerprint density at radius 2 is 0.833 bits per heavy atom. The first-order valence-electron chi connectivity index (χ1n) is 6.72. The number of rotatable bonds is 5. The molecule has 0 saturated carbocycles. The van der Waals surface area contributed by atoms with Gasteiger partial charge in [-0.2, -0.15) is 66.5 Å². The predicted molar refractivity (Wildman–Crippen MR) is 64.6 cm³/mol. The van der Waals surface area contributed by atoms with Crippen LogP contribution in [-0.4, -0.2) is 52.5 Å². The van der Waals surface area contributed by atoms with Crippen LogP contribution >= 0.6 is 0 Å². The SMILES string of the molecule is O=C(N(C(=O)C(F)(F)C(F)(F)C(F)(F)F)n1cccc1)C(F)(F)C(F)(F)C(F)(F)F.